The highest BCUT2D eigenvalue weighted by Gasteiger charge is 2.24. The molecule has 0 aliphatic carbocycles. The lowest BCUT2D eigenvalue weighted by atomic mass is 9.88. The summed E-state index contributed by atoms with van der Waals surface area (Å²) in [5, 5.41) is 0. The van der Waals surface area contributed by atoms with Crippen molar-refractivity contribution in [2.24, 2.45) is 0 Å². The van der Waals surface area contributed by atoms with Crippen LogP contribution in [-0.2, 0) is 4.79 Å². The number of amides is 1. The summed E-state index contributed by atoms with van der Waals surface area (Å²) in [6.07, 6.45) is 4.88. The molecule has 3 nitrogen and oxygen atoms in total. The van der Waals surface area contributed by atoms with Gasteiger partial charge in [-0.25, -0.2) is 0 Å². The van der Waals surface area contributed by atoms with Gasteiger partial charge >= 0.3 is 0 Å². The van der Waals surface area contributed by atoms with Gasteiger partial charge in [-0.05, 0) is 36.8 Å². The second-order valence-electron chi connectivity index (χ2n) is 5.50. The minimum Gasteiger partial charge on any atom is -0.496 e. The number of rotatable bonds is 5. The van der Waals surface area contributed by atoms with Crippen molar-refractivity contribution in [1.29, 1.82) is 0 Å². The largest absolute Gasteiger partial charge is 0.496 e. The molecular weight excluding hydrogens is 250 g/mol. The third-order valence-corrected chi connectivity index (χ3v) is 4.17. The van der Waals surface area contributed by atoms with Gasteiger partial charge < -0.3 is 9.64 Å². The van der Waals surface area contributed by atoms with Crippen LogP contribution in [0.3, 0.4) is 0 Å². The Morgan fingerprint density at radius 2 is 2.00 bits per heavy atom. The lowest BCUT2D eigenvalue weighted by Crippen LogP contribution is -2.37. The smallest absolute Gasteiger partial charge is 0.222 e. The van der Waals surface area contributed by atoms with Crippen LogP contribution >= 0.6 is 0 Å². The van der Waals surface area contributed by atoms with Gasteiger partial charge in [0.25, 0.3) is 0 Å². The second kappa shape index (κ2) is 7.32. The summed E-state index contributed by atoms with van der Waals surface area (Å²) >= 11 is 0. The van der Waals surface area contributed by atoms with Gasteiger partial charge in [0.15, 0.2) is 0 Å². The Labute approximate surface area is 121 Å². The summed E-state index contributed by atoms with van der Waals surface area (Å²) in [5.74, 6) is 1.81. The van der Waals surface area contributed by atoms with E-state index < -0.39 is 0 Å². The van der Waals surface area contributed by atoms with Crippen LogP contribution in [0.2, 0.25) is 0 Å². The van der Waals surface area contributed by atoms with Crippen LogP contribution < -0.4 is 4.74 Å². The quantitative estimate of drug-likeness (QED) is 0.822. The molecule has 20 heavy (non-hydrogen) atoms. The monoisotopic (exact) mass is 275 g/mol. The van der Waals surface area contributed by atoms with Crippen molar-refractivity contribution in [2.75, 3.05) is 20.2 Å². The third-order valence-electron chi connectivity index (χ3n) is 4.17. The van der Waals surface area contributed by atoms with Crippen molar-refractivity contribution in [1.82, 2.24) is 4.90 Å². The van der Waals surface area contributed by atoms with Crippen LogP contribution in [0.1, 0.15) is 50.5 Å². The predicted octanol–water partition coefficient (Wildman–Crippen LogP) is 3.59. The fourth-order valence-electron chi connectivity index (χ4n) is 2.93. The van der Waals surface area contributed by atoms with Crippen LogP contribution in [0.15, 0.2) is 24.3 Å². The van der Waals surface area contributed by atoms with Gasteiger partial charge in [0.1, 0.15) is 5.75 Å². The molecule has 0 saturated carbocycles. The number of hydrogen-bond acceptors (Lipinski definition) is 2. The average molecular weight is 275 g/mol. The normalized spacial score (nSPS) is 16.2. The summed E-state index contributed by atoms with van der Waals surface area (Å²) in [6, 6.07) is 8.24. The van der Waals surface area contributed by atoms with Crippen LogP contribution in [0.5, 0.6) is 5.75 Å². The molecule has 1 amide bonds. The fraction of sp³-hybridized carbons (Fsp3) is 0.588. The zero-order valence-electron chi connectivity index (χ0n) is 12.6. The molecule has 1 aliphatic rings. The van der Waals surface area contributed by atoms with Gasteiger partial charge in [0, 0.05) is 19.5 Å². The highest BCUT2D eigenvalue weighted by molar-refractivity contribution is 5.76. The SMILES string of the molecule is CCCCC(=O)N1CCC(c2ccccc2OC)CC1. The summed E-state index contributed by atoms with van der Waals surface area (Å²) in [6.45, 7) is 3.89. The van der Waals surface area contributed by atoms with E-state index in [0.717, 1.165) is 44.5 Å². The van der Waals surface area contributed by atoms with Crippen molar-refractivity contribution in [3.63, 3.8) is 0 Å². The molecule has 0 atom stereocenters. The number of hydrogen-bond donors (Lipinski definition) is 0. The summed E-state index contributed by atoms with van der Waals surface area (Å²) < 4.78 is 5.45. The van der Waals surface area contributed by atoms with Gasteiger partial charge in [0.05, 0.1) is 7.11 Å². The molecule has 0 radical (unpaired) electrons. The summed E-state index contributed by atoms with van der Waals surface area (Å²) in [5.41, 5.74) is 1.29. The first kappa shape index (κ1) is 14.9. The lowest BCUT2D eigenvalue weighted by Gasteiger charge is -2.32. The number of nitrogens with zero attached hydrogens (tertiary/aromatic N) is 1. The first-order chi connectivity index (χ1) is 9.76. The van der Waals surface area contributed by atoms with E-state index >= 15 is 0 Å². The van der Waals surface area contributed by atoms with E-state index in [9.17, 15) is 4.79 Å². The number of ether oxygens (including phenoxy) is 1. The van der Waals surface area contributed by atoms with E-state index in [-0.39, 0.29) is 0 Å². The summed E-state index contributed by atoms with van der Waals surface area (Å²) in [4.78, 5) is 14.1. The standard InChI is InChI=1S/C17H25NO2/c1-3-4-9-17(19)18-12-10-14(11-13-18)15-7-5-6-8-16(15)20-2/h5-8,14H,3-4,9-13H2,1-2H3. The molecule has 1 saturated heterocycles. The van der Waals surface area contributed by atoms with Crippen LogP contribution in [0.25, 0.3) is 0 Å². The molecule has 1 aliphatic heterocycles. The molecule has 1 heterocycles. The highest BCUT2D eigenvalue weighted by atomic mass is 16.5. The molecule has 1 fully saturated rings. The Morgan fingerprint density at radius 3 is 2.65 bits per heavy atom. The molecule has 0 unspecified atom stereocenters. The predicted molar refractivity (Wildman–Crippen MR) is 81.1 cm³/mol. The van der Waals surface area contributed by atoms with E-state index in [1.165, 1.54) is 5.56 Å². The first-order valence-corrected chi connectivity index (χ1v) is 7.67. The summed E-state index contributed by atoms with van der Waals surface area (Å²) in [7, 11) is 1.72. The van der Waals surface area contributed by atoms with Gasteiger partial charge in [-0.2, -0.15) is 0 Å². The molecular formula is C17H25NO2. The molecule has 0 spiro atoms. The molecule has 110 valence electrons. The Bertz CT molecular complexity index is 436. The molecule has 1 aromatic carbocycles. The molecule has 0 N–H and O–H groups in total. The Balaban J connectivity index is 1.92. The van der Waals surface area contributed by atoms with Crippen molar-refractivity contribution in [3.05, 3.63) is 29.8 Å². The molecule has 0 aromatic heterocycles. The zero-order chi connectivity index (χ0) is 14.4. The zero-order valence-corrected chi connectivity index (χ0v) is 12.6. The van der Waals surface area contributed by atoms with Crippen molar-refractivity contribution in [2.45, 2.75) is 44.9 Å². The number of unbranched alkanes of at least 4 members (excludes halogenated alkanes) is 1. The van der Waals surface area contributed by atoms with Crippen molar-refractivity contribution in [3.8, 4) is 5.75 Å². The number of methoxy groups -OCH3 is 1. The van der Waals surface area contributed by atoms with Crippen LogP contribution in [-0.4, -0.2) is 31.0 Å². The van der Waals surface area contributed by atoms with E-state index in [1.54, 1.807) is 7.11 Å². The van der Waals surface area contributed by atoms with Gasteiger partial charge in [-0.15, -0.1) is 0 Å². The Morgan fingerprint density at radius 1 is 1.30 bits per heavy atom. The number of carbonyl (C=O) groups excluding carboxylic acids is 1. The van der Waals surface area contributed by atoms with E-state index in [4.69, 9.17) is 4.74 Å². The second-order valence-corrected chi connectivity index (χ2v) is 5.50. The maximum Gasteiger partial charge on any atom is 0.222 e. The Hall–Kier alpha value is -1.51. The first-order valence-electron chi connectivity index (χ1n) is 7.67. The van der Waals surface area contributed by atoms with Gasteiger partial charge in [0.2, 0.25) is 5.91 Å². The number of benzene rings is 1. The van der Waals surface area contributed by atoms with Crippen LogP contribution in [0.4, 0.5) is 0 Å². The minimum absolute atomic E-state index is 0.324. The topological polar surface area (TPSA) is 29.5 Å². The average Bonchev–Trinajstić information content (AvgIpc) is 2.52. The number of piperidine rings is 1. The highest BCUT2D eigenvalue weighted by Crippen LogP contribution is 2.34. The molecule has 1 aromatic rings. The molecule has 0 bridgehead atoms. The third kappa shape index (κ3) is 3.53. The van der Waals surface area contributed by atoms with Gasteiger partial charge in [-0.3, -0.25) is 4.79 Å². The van der Waals surface area contributed by atoms with Crippen molar-refractivity contribution < 1.29 is 9.53 Å². The fourth-order valence-corrected chi connectivity index (χ4v) is 2.93. The molecule has 2 rings (SSSR count). The number of para-hydroxylation sites is 1. The van der Waals surface area contributed by atoms with Crippen LogP contribution in [0, 0.1) is 0 Å². The minimum atomic E-state index is 0.324. The van der Waals surface area contributed by atoms with Crippen molar-refractivity contribution >= 4 is 5.91 Å². The Kier molecular flexibility index (Phi) is 5.45. The van der Waals surface area contributed by atoms with E-state index in [0.29, 0.717) is 18.2 Å². The number of likely N-dealkylation sites (tertiary alicyclic amines) is 1. The molecule has 3 heteroatoms. The van der Waals surface area contributed by atoms with E-state index in [2.05, 4.69) is 19.1 Å². The van der Waals surface area contributed by atoms with E-state index in [1.807, 2.05) is 17.0 Å². The van der Waals surface area contributed by atoms with Gasteiger partial charge in [-0.1, -0.05) is 31.5 Å². The maximum atomic E-state index is 12.0. The maximum absolute atomic E-state index is 12.0. The lowest BCUT2D eigenvalue weighted by molar-refractivity contribution is -0.132. The number of carbonyl (C=O) groups is 1.